The number of aryl methyl sites for hydroxylation is 2. The van der Waals surface area contributed by atoms with Crippen molar-refractivity contribution in [3.05, 3.63) is 29.3 Å². The van der Waals surface area contributed by atoms with Crippen molar-refractivity contribution in [3.63, 3.8) is 0 Å². The monoisotopic (exact) mass is 207 g/mol. The van der Waals surface area contributed by atoms with Crippen LogP contribution in [0.15, 0.2) is 18.2 Å². The Balaban J connectivity index is 1.90. The second-order valence-electron chi connectivity index (χ2n) is 3.85. The Morgan fingerprint density at radius 2 is 1.93 bits per heavy atom. The first-order chi connectivity index (χ1) is 7.25. The van der Waals surface area contributed by atoms with Gasteiger partial charge in [-0.2, -0.15) is 0 Å². The Labute approximate surface area is 90.4 Å². The van der Waals surface area contributed by atoms with Gasteiger partial charge in [-0.1, -0.05) is 6.07 Å². The largest absolute Gasteiger partial charge is 0.380 e. The van der Waals surface area contributed by atoms with Crippen LogP contribution in [0.4, 0.5) is 5.69 Å². The molecule has 0 aromatic heterocycles. The summed E-state index contributed by atoms with van der Waals surface area (Å²) in [6.45, 7) is 6.35. The second kappa shape index (κ2) is 4.64. The summed E-state index contributed by atoms with van der Waals surface area (Å²) in [7, 11) is 0. The first-order valence-electron chi connectivity index (χ1n) is 5.30. The van der Waals surface area contributed by atoms with Crippen LogP contribution in [0, 0.1) is 13.8 Å². The van der Waals surface area contributed by atoms with Gasteiger partial charge in [0.1, 0.15) is 0 Å². The first-order valence-corrected chi connectivity index (χ1v) is 5.30. The highest BCUT2D eigenvalue weighted by atomic mass is 16.7. The number of hydrogen-bond donors (Lipinski definition) is 1. The normalized spacial score (nSPS) is 16.9. The van der Waals surface area contributed by atoms with Crippen LogP contribution in [-0.2, 0) is 9.47 Å². The summed E-state index contributed by atoms with van der Waals surface area (Å²) in [4.78, 5) is 0. The maximum Gasteiger partial charge on any atom is 0.174 e. The highest BCUT2D eigenvalue weighted by Crippen LogP contribution is 2.14. The van der Waals surface area contributed by atoms with Crippen LogP contribution < -0.4 is 5.32 Å². The van der Waals surface area contributed by atoms with Crippen molar-refractivity contribution in [2.24, 2.45) is 0 Å². The van der Waals surface area contributed by atoms with Gasteiger partial charge >= 0.3 is 0 Å². The predicted molar refractivity (Wildman–Crippen MR) is 60.1 cm³/mol. The van der Waals surface area contributed by atoms with E-state index in [0.29, 0.717) is 19.8 Å². The van der Waals surface area contributed by atoms with E-state index in [2.05, 4.69) is 37.4 Å². The Morgan fingerprint density at radius 3 is 2.60 bits per heavy atom. The quantitative estimate of drug-likeness (QED) is 0.823. The number of ether oxygens (including phenoxy) is 2. The molecule has 82 valence electrons. The number of anilines is 1. The molecule has 1 fully saturated rings. The minimum atomic E-state index is -0.0911. The standard InChI is InChI=1S/C12H17NO2/c1-9-3-4-11(7-10(9)2)13-8-12-14-5-6-15-12/h3-4,7,12-13H,5-6,8H2,1-2H3. The Bertz CT molecular complexity index is 332. The lowest BCUT2D eigenvalue weighted by Gasteiger charge is -2.12. The van der Waals surface area contributed by atoms with Crippen molar-refractivity contribution in [1.29, 1.82) is 0 Å². The lowest BCUT2D eigenvalue weighted by atomic mass is 10.1. The molecule has 3 heteroatoms. The zero-order valence-electron chi connectivity index (χ0n) is 9.25. The Kier molecular flexibility index (Phi) is 3.23. The summed E-state index contributed by atoms with van der Waals surface area (Å²) in [5, 5.41) is 3.30. The van der Waals surface area contributed by atoms with Crippen molar-refractivity contribution >= 4 is 5.69 Å². The average molecular weight is 207 g/mol. The molecular formula is C12H17NO2. The van der Waals surface area contributed by atoms with E-state index >= 15 is 0 Å². The summed E-state index contributed by atoms with van der Waals surface area (Å²) in [5.74, 6) is 0. The van der Waals surface area contributed by atoms with Gasteiger partial charge in [0.25, 0.3) is 0 Å². The average Bonchev–Trinajstić information content (AvgIpc) is 2.73. The molecule has 1 N–H and O–H groups in total. The molecule has 3 nitrogen and oxygen atoms in total. The minimum absolute atomic E-state index is 0.0911. The highest BCUT2D eigenvalue weighted by Gasteiger charge is 2.14. The van der Waals surface area contributed by atoms with Crippen LogP contribution in [0.5, 0.6) is 0 Å². The molecule has 0 aliphatic carbocycles. The number of hydrogen-bond acceptors (Lipinski definition) is 3. The molecule has 0 bridgehead atoms. The lowest BCUT2D eigenvalue weighted by molar-refractivity contribution is -0.0299. The molecule has 0 atom stereocenters. The first kappa shape index (κ1) is 10.5. The highest BCUT2D eigenvalue weighted by molar-refractivity contribution is 5.48. The van der Waals surface area contributed by atoms with Gasteiger partial charge in [-0.15, -0.1) is 0 Å². The molecule has 1 aromatic rings. The fourth-order valence-corrected chi connectivity index (χ4v) is 1.58. The number of nitrogens with one attached hydrogen (secondary N) is 1. The molecule has 15 heavy (non-hydrogen) atoms. The number of benzene rings is 1. The summed E-state index contributed by atoms with van der Waals surface area (Å²) in [5.41, 5.74) is 3.74. The van der Waals surface area contributed by atoms with Crippen molar-refractivity contribution in [1.82, 2.24) is 0 Å². The summed E-state index contributed by atoms with van der Waals surface area (Å²) >= 11 is 0. The van der Waals surface area contributed by atoms with Crippen LogP contribution in [0.2, 0.25) is 0 Å². The molecule has 0 saturated carbocycles. The van der Waals surface area contributed by atoms with Crippen molar-refractivity contribution in [2.75, 3.05) is 25.1 Å². The summed E-state index contributed by atoms with van der Waals surface area (Å²) in [6.07, 6.45) is -0.0911. The third-order valence-electron chi connectivity index (χ3n) is 2.67. The van der Waals surface area contributed by atoms with Gasteiger partial charge in [0.15, 0.2) is 6.29 Å². The van der Waals surface area contributed by atoms with Crippen molar-refractivity contribution in [3.8, 4) is 0 Å². The van der Waals surface area contributed by atoms with Crippen molar-refractivity contribution < 1.29 is 9.47 Å². The lowest BCUT2D eigenvalue weighted by Crippen LogP contribution is -2.20. The molecule has 0 amide bonds. The van der Waals surface area contributed by atoms with E-state index in [1.54, 1.807) is 0 Å². The maximum absolute atomic E-state index is 5.34. The SMILES string of the molecule is Cc1ccc(NCC2OCCO2)cc1C. The van der Waals surface area contributed by atoms with Gasteiger partial charge < -0.3 is 14.8 Å². The van der Waals surface area contributed by atoms with Crippen LogP contribution in [0.25, 0.3) is 0 Å². The minimum Gasteiger partial charge on any atom is -0.380 e. The molecule has 0 spiro atoms. The van der Waals surface area contributed by atoms with E-state index in [1.807, 2.05) is 0 Å². The van der Waals surface area contributed by atoms with Crippen LogP contribution in [0.3, 0.4) is 0 Å². The van der Waals surface area contributed by atoms with E-state index in [-0.39, 0.29) is 6.29 Å². The molecular weight excluding hydrogens is 190 g/mol. The maximum atomic E-state index is 5.34. The fourth-order valence-electron chi connectivity index (χ4n) is 1.58. The van der Waals surface area contributed by atoms with E-state index < -0.39 is 0 Å². The summed E-state index contributed by atoms with van der Waals surface area (Å²) in [6, 6.07) is 6.34. The third kappa shape index (κ3) is 2.70. The Hall–Kier alpha value is -1.06. The van der Waals surface area contributed by atoms with E-state index in [4.69, 9.17) is 9.47 Å². The zero-order valence-corrected chi connectivity index (χ0v) is 9.25. The molecule has 1 aliphatic heterocycles. The third-order valence-corrected chi connectivity index (χ3v) is 2.67. The van der Waals surface area contributed by atoms with E-state index in [9.17, 15) is 0 Å². The van der Waals surface area contributed by atoms with Crippen LogP contribution in [0.1, 0.15) is 11.1 Å². The van der Waals surface area contributed by atoms with Gasteiger partial charge in [-0.05, 0) is 37.1 Å². The molecule has 2 rings (SSSR count). The fraction of sp³-hybridized carbons (Fsp3) is 0.500. The molecule has 0 unspecified atom stereocenters. The molecule has 1 aliphatic rings. The van der Waals surface area contributed by atoms with E-state index in [0.717, 1.165) is 5.69 Å². The van der Waals surface area contributed by atoms with Gasteiger partial charge in [0, 0.05) is 5.69 Å². The smallest absolute Gasteiger partial charge is 0.174 e. The molecule has 1 heterocycles. The second-order valence-corrected chi connectivity index (χ2v) is 3.85. The zero-order chi connectivity index (χ0) is 10.7. The molecule has 1 saturated heterocycles. The van der Waals surface area contributed by atoms with Crippen LogP contribution >= 0.6 is 0 Å². The van der Waals surface area contributed by atoms with Gasteiger partial charge in [0.2, 0.25) is 0 Å². The topological polar surface area (TPSA) is 30.5 Å². The van der Waals surface area contributed by atoms with Gasteiger partial charge in [-0.25, -0.2) is 0 Å². The van der Waals surface area contributed by atoms with Crippen LogP contribution in [-0.4, -0.2) is 26.0 Å². The summed E-state index contributed by atoms with van der Waals surface area (Å²) < 4.78 is 10.7. The van der Waals surface area contributed by atoms with Gasteiger partial charge in [0.05, 0.1) is 19.8 Å². The van der Waals surface area contributed by atoms with Crippen molar-refractivity contribution in [2.45, 2.75) is 20.1 Å². The number of rotatable bonds is 3. The Morgan fingerprint density at radius 1 is 1.20 bits per heavy atom. The molecule has 0 radical (unpaired) electrons. The van der Waals surface area contributed by atoms with E-state index in [1.165, 1.54) is 11.1 Å². The van der Waals surface area contributed by atoms with Gasteiger partial charge in [-0.3, -0.25) is 0 Å². The predicted octanol–water partition coefficient (Wildman–Crippen LogP) is 2.09. The molecule has 1 aromatic carbocycles.